The standard InChI is InChI=1S/C64H92IN23O20S2/c1-29(89)50-61(106)81-41(23-49(94)95)62(107)88-18-4-7-45(88)60(105)77-36(5-2-16-72-63(69)70)53(98)83-44(28-110)59(104)75-35(6-3-17-73-64(71)108)52(97)79-39(21-31-10-14-46(91)34(65)19-31)55(100)76-37(13-15-47(67)92)54(99)82-42(57(102)78-38(51(68)96)20-30-8-11-33(90)12-9-30)26-87-25-32(85-86-87)22-40(56(101)84-50)80-58(103)43(27-109)74-48(93)24-66/h8-12,14,19,25,29,35-45,50,89-91,109-110H,2-7,13,15-18,20-24,26-28,66H2,1H3,(H2,67,92)(H2,68,96)(H,74,93)(H,75,104)(H,76,100)(H,77,105)(H,78,102)(H,79,97)(H,80,103)(H,81,106)(H,82,99)(H,83,98)(H,84,101)(H,94,95)(H4,69,70,72)(H3,71,73,108)/t29-,35+,36+,37+,38+,39+,40+,41+,42+,43+,44+,45+,50+/m1/s1. The number of nitrogens with zero attached hydrogens (tertiary/aromatic N) is 4. The summed E-state index contributed by atoms with van der Waals surface area (Å²) in [5.41, 5.74) is 28.0. The maximum Gasteiger partial charge on any atom is 0.312 e. The third-order valence-electron chi connectivity index (χ3n) is 17.0. The summed E-state index contributed by atoms with van der Waals surface area (Å²) in [6.45, 7) is -0.862. The van der Waals surface area contributed by atoms with Gasteiger partial charge in [0.05, 0.1) is 34.9 Å². The van der Waals surface area contributed by atoms with E-state index in [1.165, 1.54) is 42.5 Å². The molecule has 0 saturated carbocycles. The number of nitrogens with one attached hydrogen (secondary N) is 14. The highest BCUT2D eigenvalue weighted by atomic mass is 127. The number of carbonyl (C=O) groups excluding carboxylic acids is 15. The molecule has 110 heavy (non-hydrogen) atoms. The number of carboxylic acids is 1. The molecule has 2 aromatic carbocycles. The normalized spacial score (nSPS) is 22.5. The summed E-state index contributed by atoms with van der Waals surface area (Å²) in [5, 5.41) is 89.0. The van der Waals surface area contributed by atoms with E-state index in [4.69, 9.17) is 34.1 Å². The molecule has 0 spiro atoms. The highest BCUT2D eigenvalue weighted by molar-refractivity contribution is 14.1. The van der Waals surface area contributed by atoms with Gasteiger partial charge >= 0.3 is 12.0 Å². The molecule has 1 saturated heterocycles. The predicted molar refractivity (Wildman–Crippen MR) is 400 cm³/mol. The number of hydrogen-bond acceptors (Lipinski definition) is 25. The summed E-state index contributed by atoms with van der Waals surface area (Å²) in [5.74, 6) is -19.2. The van der Waals surface area contributed by atoms with Crippen molar-refractivity contribution < 1.29 is 97.1 Å². The molecule has 2 aliphatic heterocycles. The van der Waals surface area contributed by atoms with E-state index < -0.39 is 236 Å². The average molecular weight is 1690 g/mol. The van der Waals surface area contributed by atoms with Crippen LogP contribution in [-0.2, 0) is 97.7 Å². The first-order valence-corrected chi connectivity index (χ1v) is 36.6. The number of benzene rings is 2. The Labute approximate surface area is 652 Å². The minimum Gasteiger partial charge on any atom is -0.508 e. The van der Waals surface area contributed by atoms with Crippen LogP contribution in [0.3, 0.4) is 0 Å². The van der Waals surface area contributed by atoms with E-state index in [2.05, 4.69) is 105 Å². The molecule has 3 heterocycles. The van der Waals surface area contributed by atoms with Crippen LogP contribution in [0.4, 0.5) is 4.79 Å². The molecule has 16 amide bonds. The molecule has 602 valence electrons. The van der Waals surface area contributed by atoms with Crippen molar-refractivity contribution in [2.75, 3.05) is 37.7 Å². The zero-order chi connectivity index (χ0) is 81.6. The fourth-order valence-corrected chi connectivity index (χ4v) is 12.4. The summed E-state index contributed by atoms with van der Waals surface area (Å²) >= 11 is 10.2. The molecule has 1 fully saturated rings. The van der Waals surface area contributed by atoms with Crippen LogP contribution >= 0.6 is 47.8 Å². The molecule has 0 aliphatic carbocycles. The second kappa shape index (κ2) is 43.9. The van der Waals surface area contributed by atoms with Crippen molar-refractivity contribution in [1.29, 1.82) is 5.41 Å². The maximum atomic E-state index is 15.0. The Balaban J connectivity index is 1.72. The molecular weight excluding hydrogens is 1600 g/mol. The lowest BCUT2D eigenvalue weighted by molar-refractivity contribution is -0.146. The average Bonchev–Trinajstić information content (AvgIpc) is 1.56. The molecule has 1 aromatic heterocycles. The number of phenolic OH excluding ortho intramolecular Hbond substituents is 2. The van der Waals surface area contributed by atoms with Crippen LogP contribution in [0.15, 0.2) is 48.7 Å². The van der Waals surface area contributed by atoms with Crippen LogP contribution in [0.25, 0.3) is 0 Å². The number of fused-ring (bicyclic) bond motifs is 3. The van der Waals surface area contributed by atoms with Crippen LogP contribution in [0.1, 0.15) is 81.5 Å². The first-order chi connectivity index (χ1) is 52.0. The third-order valence-corrected chi connectivity index (χ3v) is 18.6. The number of amides is 16. The van der Waals surface area contributed by atoms with E-state index >= 15 is 4.79 Å². The number of aliphatic hydroxyl groups excluding tert-OH is 1. The van der Waals surface area contributed by atoms with Crippen molar-refractivity contribution in [2.24, 2.45) is 28.7 Å². The van der Waals surface area contributed by atoms with Gasteiger partial charge < -0.3 is 123 Å². The lowest BCUT2D eigenvalue weighted by Crippen LogP contribution is -2.62. The molecule has 0 unspecified atom stereocenters. The van der Waals surface area contributed by atoms with Gasteiger partial charge in [0.15, 0.2) is 5.96 Å². The summed E-state index contributed by atoms with van der Waals surface area (Å²) in [7, 11) is 0. The number of primary amides is 3. The number of aliphatic carboxylic acids is 1. The number of nitrogens with two attached hydrogens (primary N) is 5. The molecule has 5 rings (SSSR count). The molecule has 2 bridgehead atoms. The van der Waals surface area contributed by atoms with Crippen molar-refractivity contribution in [3.05, 3.63) is 69.1 Å². The topological polar surface area (TPSA) is 698 Å². The van der Waals surface area contributed by atoms with Crippen molar-refractivity contribution >= 4 is 149 Å². The smallest absolute Gasteiger partial charge is 0.312 e. The SMILES string of the molecule is C[C@@H](O)[C@@H]1NC(=O)[C@@H](NC(=O)[C@H](CS)NC(=O)CN)Cc2cn(nn2)C[C@@H](C(=O)N[C@@H](Cc2ccc(O)cc2)C(N)=O)NC(=O)[C@H](CCC(N)=O)NC(=O)[C@H](Cc2ccc(O)c(I)c2)NC(=O)[C@H](CCCNC(N)=O)NC(=O)[C@H](CS)NC(=O)[C@H](CCCNC(=N)N)NC(=O)[C@@H]2CCCN2C(=O)[C@H](CC(=O)O)NC1=O. The minimum atomic E-state index is -2.12. The highest BCUT2D eigenvalue weighted by Crippen LogP contribution is 2.23. The van der Waals surface area contributed by atoms with E-state index in [1.54, 1.807) is 22.6 Å². The van der Waals surface area contributed by atoms with Crippen LogP contribution in [0.5, 0.6) is 11.5 Å². The molecule has 2 aliphatic rings. The van der Waals surface area contributed by atoms with Gasteiger partial charge in [-0.05, 0) is 110 Å². The number of aliphatic hydroxyl groups is 1. The number of hydrogen-bond donors (Lipinski definition) is 25. The maximum absolute atomic E-state index is 15.0. The van der Waals surface area contributed by atoms with Crippen molar-refractivity contribution in [3.63, 3.8) is 0 Å². The van der Waals surface area contributed by atoms with Gasteiger partial charge in [0.25, 0.3) is 0 Å². The lowest BCUT2D eigenvalue weighted by Gasteiger charge is -2.31. The number of guanidine groups is 1. The number of thiol groups is 2. The van der Waals surface area contributed by atoms with Crippen molar-refractivity contribution in [1.82, 2.24) is 89.0 Å². The van der Waals surface area contributed by atoms with E-state index in [0.717, 1.165) is 22.7 Å². The summed E-state index contributed by atoms with van der Waals surface area (Å²) < 4.78 is 1.18. The fourth-order valence-electron chi connectivity index (χ4n) is 11.3. The van der Waals surface area contributed by atoms with Gasteiger partial charge in [-0.1, -0.05) is 23.4 Å². The van der Waals surface area contributed by atoms with E-state index in [0.29, 0.717) is 5.56 Å². The molecule has 28 N–H and O–H groups in total. The Hall–Kier alpha value is -10.9. The third kappa shape index (κ3) is 28.9. The quantitative estimate of drug-likeness (QED) is 0.0111. The Morgan fingerprint density at radius 2 is 1.27 bits per heavy atom. The molecule has 13 atom stereocenters. The van der Waals surface area contributed by atoms with Gasteiger partial charge in [-0.3, -0.25) is 77.3 Å². The molecule has 3 aromatic rings. The number of carbonyl (C=O) groups is 16. The zero-order valence-electron chi connectivity index (χ0n) is 59.3. The first-order valence-electron chi connectivity index (χ1n) is 34.3. The number of carboxylic acid groups (broad SMARTS) is 1. The molecule has 43 nitrogen and oxygen atoms in total. The van der Waals surface area contributed by atoms with Gasteiger partial charge in [0, 0.05) is 63.0 Å². The zero-order valence-corrected chi connectivity index (χ0v) is 63.3. The highest BCUT2D eigenvalue weighted by Gasteiger charge is 2.43. The molecular formula is C64H92IN23O20S2. The number of halogens is 1. The van der Waals surface area contributed by atoms with E-state index in [-0.39, 0.29) is 90.9 Å². The summed E-state index contributed by atoms with van der Waals surface area (Å²) in [6.07, 6.45) is -5.50. The number of aromatic hydroxyl groups is 2. The monoisotopic (exact) mass is 1690 g/mol. The van der Waals surface area contributed by atoms with Crippen LogP contribution < -0.4 is 97.8 Å². The fraction of sp³-hybridized carbons (Fsp3) is 0.516. The van der Waals surface area contributed by atoms with Crippen LogP contribution in [-0.4, -0.2) is 257 Å². The molecule has 46 heteroatoms. The Bertz CT molecular complexity index is 3860. The lowest BCUT2D eigenvalue weighted by atomic mass is 10.0. The predicted octanol–water partition coefficient (Wildman–Crippen LogP) is -9.20. The second-order valence-electron chi connectivity index (χ2n) is 25.6. The first kappa shape index (κ1) is 89.7. The second-order valence-corrected chi connectivity index (χ2v) is 27.5. The minimum absolute atomic E-state index is 0.00882. The van der Waals surface area contributed by atoms with E-state index in [1.807, 2.05) is 0 Å². The van der Waals surface area contributed by atoms with Gasteiger partial charge in [-0.25, -0.2) is 9.48 Å². The summed E-state index contributed by atoms with van der Waals surface area (Å²) in [4.78, 5) is 224. The van der Waals surface area contributed by atoms with E-state index in [9.17, 15) is 92.3 Å². The van der Waals surface area contributed by atoms with Crippen molar-refractivity contribution in [2.45, 2.75) is 169 Å². The number of phenols is 2. The number of aromatic nitrogens is 3. The van der Waals surface area contributed by atoms with Gasteiger partial charge in [-0.2, -0.15) is 25.3 Å². The van der Waals surface area contributed by atoms with Crippen LogP contribution in [0, 0.1) is 8.98 Å². The Kier molecular flexibility index (Phi) is 35.9. The number of urea groups is 1. The summed E-state index contributed by atoms with van der Waals surface area (Å²) in [6, 6.07) is -12.7. The van der Waals surface area contributed by atoms with Gasteiger partial charge in [0.1, 0.15) is 84.0 Å². The van der Waals surface area contributed by atoms with Gasteiger partial charge in [-0.15, -0.1) is 5.10 Å². The van der Waals surface area contributed by atoms with Gasteiger partial charge in [0.2, 0.25) is 82.7 Å². The number of rotatable bonds is 27. The van der Waals surface area contributed by atoms with Crippen molar-refractivity contribution in [3.8, 4) is 11.5 Å². The largest absolute Gasteiger partial charge is 0.508 e. The Morgan fingerprint density at radius 1 is 0.700 bits per heavy atom. The van der Waals surface area contributed by atoms with Crippen LogP contribution in [0.2, 0.25) is 0 Å². The molecule has 0 radical (unpaired) electrons. The Morgan fingerprint density at radius 3 is 1.85 bits per heavy atom.